The second-order valence-corrected chi connectivity index (χ2v) is 4.46. The van der Waals surface area contributed by atoms with E-state index in [2.05, 4.69) is 12.1 Å². The normalized spacial score (nSPS) is 12.4. The molecule has 3 rings (SSSR count). The molecule has 0 bridgehead atoms. The fraction of sp³-hybridized carbons (Fsp3) is 0.125. The van der Waals surface area contributed by atoms with Gasteiger partial charge in [0.25, 0.3) is 0 Å². The summed E-state index contributed by atoms with van der Waals surface area (Å²) in [5.74, 6) is 0.715. The molecule has 92 valence electrons. The summed E-state index contributed by atoms with van der Waals surface area (Å²) in [5.41, 5.74) is 4.27. The molecule has 3 nitrogen and oxygen atoms in total. The molecule has 19 heavy (non-hydrogen) atoms. The molecule has 0 amide bonds. The summed E-state index contributed by atoms with van der Waals surface area (Å²) in [5, 5.41) is 8.80. The number of nitriles is 1. The van der Waals surface area contributed by atoms with Gasteiger partial charge in [-0.1, -0.05) is 12.1 Å². The number of aldehydes is 1. The van der Waals surface area contributed by atoms with Crippen LogP contribution in [0.15, 0.2) is 36.4 Å². The van der Waals surface area contributed by atoms with Crippen molar-refractivity contribution < 1.29 is 9.53 Å². The van der Waals surface area contributed by atoms with Gasteiger partial charge in [0.2, 0.25) is 0 Å². The number of carbonyl (C=O) groups is 1. The highest BCUT2D eigenvalue weighted by atomic mass is 16.5. The predicted octanol–water partition coefficient (Wildman–Crippen LogP) is 2.97. The summed E-state index contributed by atoms with van der Waals surface area (Å²) in [4.78, 5) is 11.1. The lowest BCUT2D eigenvalue weighted by molar-refractivity contribution is 0.112. The topological polar surface area (TPSA) is 50.1 Å². The number of carbonyl (C=O) groups excluding carboxylic acids is 1. The maximum absolute atomic E-state index is 11.1. The Morgan fingerprint density at radius 2 is 1.95 bits per heavy atom. The van der Waals surface area contributed by atoms with Crippen LogP contribution in [0.2, 0.25) is 0 Å². The Hall–Kier alpha value is -2.60. The molecule has 0 fully saturated rings. The minimum atomic E-state index is 0.592. The minimum absolute atomic E-state index is 0.592. The van der Waals surface area contributed by atoms with Gasteiger partial charge >= 0.3 is 0 Å². The van der Waals surface area contributed by atoms with E-state index in [-0.39, 0.29) is 0 Å². The van der Waals surface area contributed by atoms with Crippen molar-refractivity contribution in [3.05, 3.63) is 53.1 Å². The average molecular weight is 249 g/mol. The Morgan fingerprint density at radius 1 is 1.16 bits per heavy atom. The maximum atomic E-state index is 11.1. The third-order valence-corrected chi connectivity index (χ3v) is 3.29. The zero-order valence-electron chi connectivity index (χ0n) is 10.2. The molecule has 2 aromatic rings. The molecule has 0 radical (unpaired) electrons. The summed E-state index contributed by atoms with van der Waals surface area (Å²) < 4.78 is 5.47. The van der Waals surface area contributed by atoms with E-state index >= 15 is 0 Å². The minimum Gasteiger partial charge on any atom is -0.492 e. The van der Waals surface area contributed by atoms with Gasteiger partial charge in [-0.3, -0.25) is 4.79 Å². The molecule has 0 aliphatic carbocycles. The van der Waals surface area contributed by atoms with Gasteiger partial charge in [-0.25, -0.2) is 0 Å². The van der Waals surface area contributed by atoms with Crippen molar-refractivity contribution in [2.75, 3.05) is 6.61 Å². The van der Waals surface area contributed by atoms with Gasteiger partial charge in [0.05, 0.1) is 23.8 Å². The second-order valence-electron chi connectivity index (χ2n) is 4.46. The molecule has 0 saturated carbocycles. The lowest BCUT2D eigenvalue weighted by atomic mass is 9.98. The Kier molecular flexibility index (Phi) is 2.77. The van der Waals surface area contributed by atoms with Gasteiger partial charge < -0.3 is 4.74 Å². The van der Waals surface area contributed by atoms with Crippen molar-refractivity contribution in [1.82, 2.24) is 0 Å². The first kappa shape index (κ1) is 11.5. The number of hydrogen-bond acceptors (Lipinski definition) is 3. The number of fused-ring (bicyclic) bond motifs is 1. The quantitative estimate of drug-likeness (QED) is 0.769. The van der Waals surface area contributed by atoms with Crippen LogP contribution in [-0.4, -0.2) is 12.9 Å². The van der Waals surface area contributed by atoms with E-state index in [1.807, 2.05) is 18.2 Å². The molecule has 0 N–H and O–H groups in total. The van der Waals surface area contributed by atoms with Crippen LogP contribution in [0.1, 0.15) is 21.5 Å². The van der Waals surface area contributed by atoms with E-state index in [4.69, 9.17) is 10.00 Å². The lowest BCUT2D eigenvalue weighted by Gasteiger charge is -2.07. The first-order valence-electron chi connectivity index (χ1n) is 6.07. The number of nitrogens with zero attached hydrogens (tertiary/aromatic N) is 1. The van der Waals surface area contributed by atoms with Crippen molar-refractivity contribution >= 4 is 6.29 Å². The van der Waals surface area contributed by atoms with E-state index < -0.39 is 0 Å². The molecule has 3 heteroatoms. The monoisotopic (exact) mass is 249 g/mol. The number of benzene rings is 2. The molecular formula is C16H11NO2. The van der Waals surface area contributed by atoms with Crippen LogP contribution in [0.25, 0.3) is 11.1 Å². The zero-order valence-corrected chi connectivity index (χ0v) is 10.2. The largest absolute Gasteiger partial charge is 0.492 e. The Labute approximate surface area is 111 Å². The number of hydrogen-bond donors (Lipinski definition) is 0. The number of ether oxygens (including phenoxy) is 1. The second kappa shape index (κ2) is 4.58. The van der Waals surface area contributed by atoms with Crippen LogP contribution in [0.4, 0.5) is 0 Å². The molecule has 0 aromatic heterocycles. The Bertz CT molecular complexity index is 681. The molecule has 2 aromatic carbocycles. The SMILES string of the molecule is N#Cc1ccc(-c2cc(C=O)c3c(c2)CCO3)cc1. The molecule has 1 heterocycles. The highest BCUT2D eigenvalue weighted by Crippen LogP contribution is 2.33. The van der Waals surface area contributed by atoms with E-state index in [1.54, 1.807) is 12.1 Å². The molecule has 0 spiro atoms. The van der Waals surface area contributed by atoms with Crippen molar-refractivity contribution in [2.45, 2.75) is 6.42 Å². The van der Waals surface area contributed by atoms with Crippen molar-refractivity contribution in [2.24, 2.45) is 0 Å². The molecular weight excluding hydrogens is 238 g/mol. The van der Waals surface area contributed by atoms with E-state index in [0.29, 0.717) is 23.5 Å². The van der Waals surface area contributed by atoms with Crippen molar-refractivity contribution in [3.63, 3.8) is 0 Å². The van der Waals surface area contributed by atoms with Gasteiger partial charge in [-0.2, -0.15) is 5.26 Å². The van der Waals surface area contributed by atoms with Crippen molar-refractivity contribution in [1.29, 1.82) is 5.26 Å². The summed E-state index contributed by atoms with van der Waals surface area (Å²) in [7, 11) is 0. The number of rotatable bonds is 2. The lowest BCUT2D eigenvalue weighted by Crippen LogP contribution is -1.91. The molecule has 1 aliphatic rings. The van der Waals surface area contributed by atoms with Crippen LogP contribution in [0.5, 0.6) is 5.75 Å². The van der Waals surface area contributed by atoms with Crippen molar-refractivity contribution in [3.8, 4) is 22.9 Å². The Balaban J connectivity index is 2.10. The van der Waals surface area contributed by atoms with Crippen LogP contribution >= 0.6 is 0 Å². The predicted molar refractivity (Wildman–Crippen MR) is 71.2 cm³/mol. The third-order valence-electron chi connectivity index (χ3n) is 3.29. The van der Waals surface area contributed by atoms with Crippen LogP contribution < -0.4 is 4.74 Å². The third kappa shape index (κ3) is 1.98. The van der Waals surface area contributed by atoms with Gasteiger partial charge in [0, 0.05) is 6.42 Å². The van der Waals surface area contributed by atoms with E-state index in [1.165, 1.54) is 0 Å². The highest BCUT2D eigenvalue weighted by molar-refractivity contribution is 5.84. The van der Waals surface area contributed by atoms with Crippen LogP contribution in [0, 0.1) is 11.3 Å². The van der Waals surface area contributed by atoms with E-state index in [0.717, 1.165) is 29.4 Å². The molecule has 1 aliphatic heterocycles. The maximum Gasteiger partial charge on any atom is 0.153 e. The summed E-state index contributed by atoms with van der Waals surface area (Å²) in [6.45, 7) is 0.632. The average Bonchev–Trinajstić information content (AvgIpc) is 2.94. The van der Waals surface area contributed by atoms with Crippen LogP contribution in [-0.2, 0) is 6.42 Å². The fourth-order valence-corrected chi connectivity index (χ4v) is 2.33. The first-order valence-corrected chi connectivity index (χ1v) is 6.07. The van der Waals surface area contributed by atoms with E-state index in [9.17, 15) is 4.79 Å². The summed E-state index contributed by atoms with van der Waals surface area (Å²) in [6.07, 6.45) is 1.66. The van der Waals surface area contributed by atoms with Gasteiger partial charge in [0.15, 0.2) is 6.29 Å². The van der Waals surface area contributed by atoms with Crippen LogP contribution in [0.3, 0.4) is 0 Å². The summed E-state index contributed by atoms with van der Waals surface area (Å²) in [6, 6.07) is 13.3. The molecule has 0 saturated heterocycles. The summed E-state index contributed by atoms with van der Waals surface area (Å²) >= 11 is 0. The smallest absolute Gasteiger partial charge is 0.153 e. The fourth-order valence-electron chi connectivity index (χ4n) is 2.33. The zero-order chi connectivity index (χ0) is 13.2. The standard InChI is InChI=1S/C16H11NO2/c17-9-11-1-3-12(4-2-11)14-7-13-5-6-19-16(13)15(8-14)10-18/h1-4,7-8,10H,5-6H2. The van der Waals surface area contributed by atoms with Gasteiger partial charge in [-0.05, 0) is 41.0 Å². The van der Waals surface area contributed by atoms with Gasteiger partial charge in [-0.15, -0.1) is 0 Å². The van der Waals surface area contributed by atoms with Gasteiger partial charge in [0.1, 0.15) is 5.75 Å². The molecule has 0 unspecified atom stereocenters. The first-order chi connectivity index (χ1) is 9.31. The Morgan fingerprint density at radius 3 is 2.63 bits per heavy atom. The highest BCUT2D eigenvalue weighted by Gasteiger charge is 2.17. The molecule has 0 atom stereocenters.